The summed E-state index contributed by atoms with van der Waals surface area (Å²) in [4.78, 5) is 26.4. The first-order valence-corrected chi connectivity index (χ1v) is 9.13. The molecule has 1 aliphatic rings. The molecule has 0 radical (unpaired) electrons. The molecule has 0 spiro atoms. The van der Waals surface area contributed by atoms with E-state index >= 15 is 0 Å². The van der Waals surface area contributed by atoms with E-state index in [2.05, 4.69) is 4.90 Å². The van der Waals surface area contributed by atoms with E-state index < -0.39 is 11.4 Å². The van der Waals surface area contributed by atoms with Gasteiger partial charge in [0, 0.05) is 19.6 Å². The van der Waals surface area contributed by atoms with Crippen molar-refractivity contribution < 1.29 is 4.42 Å². The maximum absolute atomic E-state index is 12.2. The number of halogens is 1. The molecular weight excluding hydrogens is 352 g/mol. The van der Waals surface area contributed by atoms with Gasteiger partial charge < -0.3 is 9.32 Å². The number of nitrogens with zero attached hydrogens (tertiary/aromatic N) is 2. The van der Waals surface area contributed by atoms with Gasteiger partial charge in [-0.15, -0.1) is 0 Å². The minimum absolute atomic E-state index is 0.350. The molecular formula is C20H19ClN2O3. The van der Waals surface area contributed by atoms with Gasteiger partial charge in [-0.2, -0.15) is 0 Å². The predicted molar refractivity (Wildman–Crippen MR) is 103 cm³/mol. The van der Waals surface area contributed by atoms with Crippen LogP contribution in [0.15, 0.2) is 62.5 Å². The molecule has 1 aromatic heterocycles. The van der Waals surface area contributed by atoms with Gasteiger partial charge in [0.05, 0.1) is 21.6 Å². The van der Waals surface area contributed by atoms with E-state index in [9.17, 15) is 9.59 Å². The number of fused-ring (bicyclic) bond motifs is 1. The molecule has 0 saturated carbocycles. The summed E-state index contributed by atoms with van der Waals surface area (Å²) >= 11 is 6.30. The van der Waals surface area contributed by atoms with E-state index in [0.29, 0.717) is 23.4 Å². The summed E-state index contributed by atoms with van der Waals surface area (Å²) < 4.78 is 6.48. The molecule has 0 bridgehead atoms. The van der Waals surface area contributed by atoms with Gasteiger partial charge in [0.15, 0.2) is 0 Å². The van der Waals surface area contributed by atoms with E-state index in [1.54, 1.807) is 22.8 Å². The highest BCUT2D eigenvalue weighted by molar-refractivity contribution is 6.33. The lowest BCUT2D eigenvalue weighted by Gasteiger charge is -2.34. The molecule has 5 nitrogen and oxygen atoms in total. The van der Waals surface area contributed by atoms with Crippen LogP contribution in [0.3, 0.4) is 0 Å². The van der Waals surface area contributed by atoms with Gasteiger partial charge in [-0.25, -0.2) is 9.59 Å². The minimum atomic E-state index is -0.581. The van der Waals surface area contributed by atoms with Crippen molar-refractivity contribution in [2.75, 3.05) is 18.0 Å². The zero-order chi connectivity index (χ0) is 18.1. The smallest absolute Gasteiger partial charge is 0.372 e. The number of hydrogen-bond donors (Lipinski definition) is 0. The maximum Gasteiger partial charge on any atom is 0.422 e. The summed E-state index contributed by atoms with van der Waals surface area (Å²) in [6.45, 7) is 2.33. The number of benzene rings is 2. The third-order valence-corrected chi connectivity index (χ3v) is 5.38. The highest BCUT2D eigenvalue weighted by Gasteiger charge is 2.22. The molecule has 0 atom stereocenters. The molecule has 0 aliphatic carbocycles. The van der Waals surface area contributed by atoms with Crippen molar-refractivity contribution in [3.05, 3.63) is 74.5 Å². The molecule has 26 heavy (non-hydrogen) atoms. The lowest BCUT2D eigenvalue weighted by Crippen LogP contribution is -2.37. The topological polar surface area (TPSA) is 55.5 Å². The van der Waals surface area contributed by atoms with Gasteiger partial charge in [0.1, 0.15) is 0 Å². The van der Waals surface area contributed by atoms with Crippen molar-refractivity contribution >= 4 is 28.2 Å². The van der Waals surface area contributed by atoms with Gasteiger partial charge in [-0.05, 0) is 43.0 Å². The summed E-state index contributed by atoms with van der Waals surface area (Å²) in [5.41, 5.74) is 1.12. The average Bonchev–Trinajstić information content (AvgIpc) is 2.66. The number of anilines is 1. The van der Waals surface area contributed by atoms with E-state index in [1.807, 2.05) is 30.3 Å². The Balaban J connectivity index is 1.54. The molecule has 1 aliphatic heterocycles. The zero-order valence-electron chi connectivity index (χ0n) is 14.2. The Hall–Kier alpha value is -2.53. The van der Waals surface area contributed by atoms with Gasteiger partial charge in [-0.3, -0.25) is 4.57 Å². The van der Waals surface area contributed by atoms with Crippen molar-refractivity contribution in [3.63, 3.8) is 0 Å². The van der Waals surface area contributed by atoms with Crippen molar-refractivity contribution in [1.82, 2.24) is 4.57 Å². The molecule has 4 rings (SSSR count). The molecule has 1 saturated heterocycles. The largest absolute Gasteiger partial charge is 0.422 e. The van der Waals surface area contributed by atoms with E-state index in [0.717, 1.165) is 36.6 Å². The zero-order valence-corrected chi connectivity index (χ0v) is 15.0. The highest BCUT2D eigenvalue weighted by atomic mass is 35.5. The van der Waals surface area contributed by atoms with Crippen LogP contribution in [0.5, 0.6) is 0 Å². The molecule has 0 unspecified atom stereocenters. The molecule has 1 fully saturated rings. The lowest BCUT2D eigenvalue weighted by atomic mass is 9.96. The number of aromatic nitrogens is 1. The van der Waals surface area contributed by atoms with E-state index in [4.69, 9.17) is 16.0 Å². The van der Waals surface area contributed by atoms with Crippen LogP contribution < -0.4 is 16.3 Å². The molecule has 3 aromatic rings. The van der Waals surface area contributed by atoms with Gasteiger partial charge in [-0.1, -0.05) is 35.9 Å². The third-order valence-electron chi connectivity index (χ3n) is 5.06. The summed E-state index contributed by atoms with van der Waals surface area (Å²) in [5.74, 6) is -0.232. The maximum atomic E-state index is 12.2. The Morgan fingerprint density at radius 2 is 1.69 bits per heavy atom. The number of rotatable bonds is 3. The predicted octanol–water partition coefficient (Wildman–Crippen LogP) is 3.52. The van der Waals surface area contributed by atoms with Gasteiger partial charge in [0.2, 0.25) is 0 Å². The highest BCUT2D eigenvalue weighted by Crippen LogP contribution is 2.29. The van der Waals surface area contributed by atoms with Gasteiger partial charge >= 0.3 is 11.4 Å². The fourth-order valence-electron chi connectivity index (χ4n) is 3.67. The van der Waals surface area contributed by atoms with Crippen LogP contribution in [0.25, 0.3) is 10.9 Å². The molecule has 0 amide bonds. The SMILES string of the molecule is O=c1oc(=O)n(CC2CCN(c3ccccc3Cl)CC2)c2ccccc12. The molecule has 0 N–H and O–H groups in total. The van der Waals surface area contributed by atoms with E-state index in [-0.39, 0.29) is 0 Å². The van der Waals surface area contributed by atoms with Crippen LogP contribution in [0.1, 0.15) is 12.8 Å². The van der Waals surface area contributed by atoms with Crippen molar-refractivity contribution in [3.8, 4) is 0 Å². The second-order valence-corrected chi connectivity index (χ2v) is 7.07. The standard InChI is InChI=1S/C20H19ClN2O3/c21-16-6-2-4-8-18(16)22-11-9-14(10-12-22)13-23-17-7-3-1-5-15(17)19(24)26-20(23)25/h1-8,14H,9-13H2. The number of hydrogen-bond acceptors (Lipinski definition) is 4. The summed E-state index contributed by atoms with van der Waals surface area (Å²) in [7, 11) is 0. The molecule has 2 aromatic carbocycles. The van der Waals surface area contributed by atoms with Crippen molar-refractivity contribution in [2.24, 2.45) is 5.92 Å². The summed E-state index contributed by atoms with van der Waals surface area (Å²) in [6.07, 6.45) is 1.90. The van der Waals surface area contributed by atoms with Crippen molar-refractivity contribution in [2.45, 2.75) is 19.4 Å². The Kier molecular flexibility index (Phi) is 4.55. The first-order chi connectivity index (χ1) is 12.6. The van der Waals surface area contributed by atoms with Crippen molar-refractivity contribution in [1.29, 1.82) is 0 Å². The van der Waals surface area contributed by atoms with Crippen LogP contribution in [0.2, 0.25) is 5.02 Å². The Morgan fingerprint density at radius 1 is 1.00 bits per heavy atom. The fraction of sp³-hybridized carbons (Fsp3) is 0.300. The lowest BCUT2D eigenvalue weighted by molar-refractivity contribution is 0.328. The average molecular weight is 371 g/mol. The van der Waals surface area contributed by atoms with Crippen LogP contribution in [-0.4, -0.2) is 17.7 Å². The number of para-hydroxylation sites is 2. The quantitative estimate of drug-likeness (QED) is 0.707. The van der Waals surface area contributed by atoms with Crippen LogP contribution in [-0.2, 0) is 6.54 Å². The monoisotopic (exact) mass is 370 g/mol. The summed E-state index contributed by atoms with van der Waals surface area (Å²) in [5, 5.41) is 1.21. The molecule has 6 heteroatoms. The van der Waals surface area contributed by atoms with Crippen LogP contribution >= 0.6 is 11.6 Å². The Morgan fingerprint density at radius 3 is 2.46 bits per heavy atom. The van der Waals surface area contributed by atoms with E-state index in [1.165, 1.54) is 0 Å². The van der Waals surface area contributed by atoms with Crippen LogP contribution in [0.4, 0.5) is 5.69 Å². The second-order valence-electron chi connectivity index (χ2n) is 6.67. The second kappa shape index (κ2) is 7.00. The third kappa shape index (κ3) is 3.15. The van der Waals surface area contributed by atoms with Gasteiger partial charge in [0.25, 0.3) is 0 Å². The Labute approximate surface area is 155 Å². The van der Waals surface area contributed by atoms with Crippen LogP contribution in [0, 0.1) is 5.92 Å². The normalized spacial score (nSPS) is 15.5. The summed E-state index contributed by atoms with van der Waals surface area (Å²) in [6, 6.07) is 15.0. The number of piperidine rings is 1. The molecule has 134 valence electrons. The molecule has 2 heterocycles. The Bertz CT molecular complexity index is 1050. The first-order valence-electron chi connectivity index (χ1n) is 8.75. The minimum Gasteiger partial charge on any atom is -0.372 e. The first kappa shape index (κ1) is 16.9. The fourth-order valence-corrected chi connectivity index (χ4v) is 3.92.